The lowest BCUT2D eigenvalue weighted by Gasteiger charge is -2.24. The first kappa shape index (κ1) is 21.0. The second-order valence-electron chi connectivity index (χ2n) is 7.04. The first-order valence-electron chi connectivity index (χ1n) is 9.47. The zero-order valence-electron chi connectivity index (χ0n) is 16.7. The molecule has 1 aromatic rings. The molecular formula is C20H31N3O4. The van der Waals surface area contributed by atoms with Crippen LogP contribution in [-0.4, -0.2) is 56.7 Å². The van der Waals surface area contributed by atoms with Gasteiger partial charge in [-0.3, -0.25) is 15.0 Å². The van der Waals surface area contributed by atoms with E-state index in [1.807, 2.05) is 30.1 Å². The van der Waals surface area contributed by atoms with Gasteiger partial charge in [0.05, 0.1) is 20.3 Å². The van der Waals surface area contributed by atoms with Gasteiger partial charge in [0, 0.05) is 12.6 Å². The number of urea groups is 1. The number of carbonyl (C=O) groups excluding carboxylic acids is 2. The molecule has 1 saturated carbocycles. The summed E-state index contributed by atoms with van der Waals surface area (Å²) in [5.41, 5.74) is 1.09. The minimum absolute atomic E-state index is 0.191. The molecule has 0 spiro atoms. The van der Waals surface area contributed by atoms with Crippen molar-refractivity contribution in [2.45, 2.75) is 51.1 Å². The number of ether oxygens (including phenoxy) is 2. The second kappa shape index (κ2) is 10.2. The maximum Gasteiger partial charge on any atom is 0.321 e. The van der Waals surface area contributed by atoms with Crippen molar-refractivity contribution in [1.29, 1.82) is 0 Å². The highest BCUT2D eigenvalue weighted by Crippen LogP contribution is 2.27. The topological polar surface area (TPSA) is 79.9 Å². The molecule has 0 saturated heterocycles. The molecule has 0 aliphatic heterocycles. The van der Waals surface area contributed by atoms with Crippen LogP contribution < -0.4 is 20.1 Å². The maximum absolute atomic E-state index is 12.3. The zero-order chi connectivity index (χ0) is 19.8. The van der Waals surface area contributed by atoms with Crippen molar-refractivity contribution in [2.24, 2.45) is 0 Å². The number of carbonyl (C=O) groups is 2. The smallest absolute Gasteiger partial charge is 0.321 e. The Hall–Kier alpha value is -2.28. The van der Waals surface area contributed by atoms with Gasteiger partial charge in [0.15, 0.2) is 11.5 Å². The van der Waals surface area contributed by atoms with Crippen LogP contribution in [0.5, 0.6) is 11.5 Å². The minimum Gasteiger partial charge on any atom is -0.493 e. The third-order valence-electron chi connectivity index (χ3n) is 5.17. The fraction of sp³-hybridized carbons (Fsp3) is 0.600. The van der Waals surface area contributed by atoms with Gasteiger partial charge >= 0.3 is 6.03 Å². The highest BCUT2D eigenvalue weighted by molar-refractivity contribution is 5.96. The lowest BCUT2D eigenvalue weighted by atomic mass is 10.1. The fourth-order valence-electron chi connectivity index (χ4n) is 3.24. The van der Waals surface area contributed by atoms with Crippen molar-refractivity contribution in [3.05, 3.63) is 23.8 Å². The van der Waals surface area contributed by atoms with Crippen molar-refractivity contribution in [3.63, 3.8) is 0 Å². The van der Waals surface area contributed by atoms with E-state index in [2.05, 4.69) is 10.6 Å². The number of benzene rings is 1. The van der Waals surface area contributed by atoms with Gasteiger partial charge in [0.25, 0.3) is 0 Å². The van der Waals surface area contributed by atoms with Gasteiger partial charge < -0.3 is 14.8 Å². The number of likely N-dealkylation sites (N-methyl/N-ethyl adjacent to an activating group) is 1. The molecule has 0 bridgehead atoms. The average Bonchev–Trinajstić information content (AvgIpc) is 3.17. The van der Waals surface area contributed by atoms with Crippen molar-refractivity contribution in [2.75, 3.05) is 27.8 Å². The van der Waals surface area contributed by atoms with E-state index in [9.17, 15) is 9.59 Å². The van der Waals surface area contributed by atoms with Gasteiger partial charge in [-0.15, -0.1) is 0 Å². The Kier molecular flexibility index (Phi) is 7.91. The molecule has 0 unspecified atom stereocenters. The fourth-order valence-corrected chi connectivity index (χ4v) is 3.24. The van der Waals surface area contributed by atoms with Crippen LogP contribution in [0.2, 0.25) is 0 Å². The Morgan fingerprint density at radius 1 is 1.19 bits per heavy atom. The molecule has 2 N–H and O–H groups in total. The minimum atomic E-state index is -0.403. The second-order valence-corrected chi connectivity index (χ2v) is 7.04. The summed E-state index contributed by atoms with van der Waals surface area (Å²) >= 11 is 0. The lowest BCUT2D eigenvalue weighted by molar-refractivity contribution is -0.124. The normalized spacial score (nSPS) is 15.4. The standard InChI is InChI=1S/C20H31N3O4/c1-14(19(24)22-20(25)21-16-7-5-6-8-16)23(2)12-11-15-9-10-17(26-3)18(13-15)27-4/h9-10,13-14,16H,5-8,11-12H2,1-4H3,(H2,21,22,24,25)/t14-/m1/s1. The number of imide groups is 1. The molecule has 3 amide bonds. The Morgan fingerprint density at radius 3 is 2.48 bits per heavy atom. The summed E-state index contributed by atoms with van der Waals surface area (Å²) in [6.45, 7) is 2.47. The first-order valence-corrected chi connectivity index (χ1v) is 9.47. The van der Waals surface area contributed by atoms with E-state index < -0.39 is 12.1 Å². The summed E-state index contributed by atoms with van der Waals surface area (Å²) in [6.07, 6.45) is 5.00. The van der Waals surface area contributed by atoms with Crippen LogP contribution in [0.4, 0.5) is 4.79 Å². The molecule has 1 aromatic carbocycles. The highest BCUT2D eigenvalue weighted by Gasteiger charge is 2.22. The van der Waals surface area contributed by atoms with Gasteiger partial charge in [0.2, 0.25) is 5.91 Å². The van der Waals surface area contributed by atoms with E-state index in [1.54, 1.807) is 21.1 Å². The Balaban J connectivity index is 1.80. The Labute approximate surface area is 161 Å². The van der Waals surface area contributed by atoms with Crippen LogP contribution in [0.25, 0.3) is 0 Å². The average molecular weight is 377 g/mol. The Morgan fingerprint density at radius 2 is 1.85 bits per heavy atom. The summed E-state index contributed by atoms with van der Waals surface area (Å²) in [5, 5.41) is 5.32. The molecule has 1 aliphatic carbocycles. The largest absolute Gasteiger partial charge is 0.493 e. The SMILES string of the molecule is COc1ccc(CCN(C)[C@H](C)C(=O)NC(=O)NC2CCCC2)cc1OC. The molecule has 1 fully saturated rings. The number of nitrogens with zero attached hydrogens (tertiary/aromatic N) is 1. The van der Waals surface area contributed by atoms with Crippen LogP contribution in [0.15, 0.2) is 18.2 Å². The maximum atomic E-state index is 12.3. The predicted octanol–water partition coefficient (Wildman–Crippen LogP) is 2.33. The number of amides is 3. The molecule has 2 rings (SSSR count). The van der Waals surface area contributed by atoms with Crippen LogP contribution in [-0.2, 0) is 11.2 Å². The van der Waals surface area contributed by atoms with Crippen LogP contribution in [0.3, 0.4) is 0 Å². The number of methoxy groups -OCH3 is 2. The van der Waals surface area contributed by atoms with Crippen molar-refractivity contribution >= 4 is 11.9 Å². The van der Waals surface area contributed by atoms with Crippen LogP contribution in [0, 0.1) is 0 Å². The van der Waals surface area contributed by atoms with Crippen LogP contribution >= 0.6 is 0 Å². The van der Waals surface area contributed by atoms with Crippen LogP contribution in [0.1, 0.15) is 38.2 Å². The van der Waals surface area contributed by atoms with E-state index in [4.69, 9.17) is 9.47 Å². The van der Waals surface area contributed by atoms with E-state index in [1.165, 1.54) is 0 Å². The van der Waals surface area contributed by atoms with Crippen molar-refractivity contribution in [3.8, 4) is 11.5 Å². The van der Waals surface area contributed by atoms with E-state index in [0.717, 1.165) is 37.7 Å². The molecule has 0 radical (unpaired) electrons. The number of rotatable bonds is 8. The van der Waals surface area contributed by atoms with E-state index in [0.29, 0.717) is 18.0 Å². The van der Waals surface area contributed by atoms with Gasteiger partial charge in [-0.2, -0.15) is 0 Å². The molecule has 7 nitrogen and oxygen atoms in total. The highest BCUT2D eigenvalue weighted by atomic mass is 16.5. The summed E-state index contributed by atoms with van der Waals surface area (Å²) < 4.78 is 10.6. The molecule has 0 aromatic heterocycles. The molecule has 7 heteroatoms. The van der Waals surface area contributed by atoms with Gasteiger partial charge in [-0.05, 0) is 50.9 Å². The van der Waals surface area contributed by atoms with E-state index in [-0.39, 0.29) is 11.9 Å². The predicted molar refractivity (Wildman–Crippen MR) is 104 cm³/mol. The first-order chi connectivity index (χ1) is 12.9. The molecule has 27 heavy (non-hydrogen) atoms. The van der Waals surface area contributed by atoms with E-state index >= 15 is 0 Å². The third-order valence-corrected chi connectivity index (χ3v) is 5.17. The zero-order valence-corrected chi connectivity index (χ0v) is 16.7. The van der Waals surface area contributed by atoms with Gasteiger partial charge in [-0.25, -0.2) is 4.79 Å². The number of hydrogen-bond acceptors (Lipinski definition) is 5. The monoisotopic (exact) mass is 377 g/mol. The van der Waals surface area contributed by atoms with Crippen molar-refractivity contribution < 1.29 is 19.1 Å². The van der Waals surface area contributed by atoms with Gasteiger partial charge in [-0.1, -0.05) is 18.9 Å². The molecule has 150 valence electrons. The van der Waals surface area contributed by atoms with Gasteiger partial charge in [0.1, 0.15) is 0 Å². The molecule has 1 atom stereocenters. The lowest BCUT2D eigenvalue weighted by Crippen LogP contribution is -2.50. The Bertz CT molecular complexity index is 644. The molecule has 0 heterocycles. The summed E-state index contributed by atoms with van der Waals surface area (Å²) in [7, 11) is 5.09. The molecular weight excluding hydrogens is 346 g/mol. The summed E-state index contributed by atoms with van der Waals surface area (Å²) in [4.78, 5) is 26.2. The third kappa shape index (κ3) is 6.13. The summed E-state index contributed by atoms with van der Waals surface area (Å²) in [5.74, 6) is 1.09. The quantitative estimate of drug-likeness (QED) is 0.727. The number of nitrogens with one attached hydrogen (secondary N) is 2. The summed E-state index contributed by atoms with van der Waals surface area (Å²) in [6, 6.07) is 5.18. The molecule has 1 aliphatic rings. The van der Waals surface area contributed by atoms with Crippen molar-refractivity contribution in [1.82, 2.24) is 15.5 Å². The number of hydrogen-bond donors (Lipinski definition) is 2.